The molecule has 2 aromatic rings. The second kappa shape index (κ2) is 5.90. The summed E-state index contributed by atoms with van der Waals surface area (Å²) in [7, 11) is 0. The van der Waals surface area contributed by atoms with E-state index in [9.17, 15) is 9.90 Å². The number of halogens is 1. The summed E-state index contributed by atoms with van der Waals surface area (Å²) < 4.78 is 0. The summed E-state index contributed by atoms with van der Waals surface area (Å²) in [6.45, 7) is 0. The molecule has 4 nitrogen and oxygen atoms in total. The van der Waals surface area contributed by atoms with E-state index in [4.69, 9.17) is 11.6 Å². The van der Waals surface area contributed by atoms with Crippen molar-refractivity contribution in [3.8, 4) is 0 Å². The molecule has 21 heavy (non-hydrogen) atoms. The molecule has 1 aromatic heterocycles. The zero-order chi connectivity index (χ0) is 14.8. The Labute approximate surface area is 128 Å². The van der Waals surface area contributed by atoms with Crippen LogP contribution in [-0.2, 0) is 4.79 Å². The van der Waals surface area contributed by atoms with Crippen LogP contribution in [0.2, 0.25) is 5.02 Å². The molecule has 1 aliphatic rings. The van der Waals surface area contributed by atoms with Gasteiger partial charge in [-0.25, -0.2) is 0 Å². The van der Waals surface area contributed by atoms with Gasteiger partial charge in [0.25, 0.3) is 0 Å². The third-order valence-electron chi connectivity index (χ3n) is 4.10. The van der Waals surface area contributed by atoms with Crippen LogP contribution in [-0.4, -0.2) is 22.1 Å². The molecule has 1 aliphatic carbocycles. The van der Waals surface area contributed by atoms with E-state index in [1.807, 2.05) is 24.3 Å². The van der Waals surface area contributed by atoms with E-state index in [1.54, 1.807) is 6.20 Å². The maximum atomic E-state index is 11.2. The number of nitrogens with one attached hydrogen (secondary N) is 1. The minimum absolute atomic E-state index is 0.172. The third kappa shape index (κ3) is 2.95. The van der Waals surface area contributed by atoms with Crippen molar-refractivity contribution >= 4 is 34.2 Å². The summed E-state index contributed by atoms with van der Waals surface area (Å²) in [6.07, 6.45) is 5.10. The van der Waals surface area contributed by atoms with Crippen LogP contribution in [0.5, 0.6) is 0 Å². The maximum absolute atomic E-state index is 11.2. The molecule has 110 valence electrons. The Kier molecular flexibility index (Phi) is 3.97. The van der Waals surface area contributed by atoms with Crippen LogP contribution in [0.15, 0.2) is 30.5 Å². The second-order valence-electron chi connectivity index (χ2n) is 5.54. The Balaban J connectivity index is 1.85. The first-order chi connectivity index (χ1) is 10.1. The van der Waals surface area contributed by atoms with Crippen LogP contribution in [0, 0.1) is 5.92 Å². The van der Waals surface area contributed by atoms with E-state index in [2.05, 4.69) is 10.3 Å². The monoisotopic (exact) mass is 304 g/mol. The molecule has 2 unspecified atom stereocenters. The number of aromatic nitrogens is 1. The quantitative estimate of drug-likeness (QED) is 0.901. The zero-order valence-corrected chi connectivity index (χ0v) is 12.3. The fourth-order valence-corrected chi connectivity index (χ4v) is 3.23. The molecule has 1 saturated carbocycles. The van der Waals surface area contributed by atoms with Crippen molar-refractivity contribution in [2.75, 3.05) is 5.32 Å². The van der Waals surface area contributed by atoms with E-state index in [1.165, 1.54) is 0 Å². The number of hydrogen-bond donors (Lipinski definition) is 2. The van der Waals surface area contributed by atoms with Gasteiger partial charge in [-0.15, -0.1) is 0 Å². The number of fused-ring (bicyclic) bond motifs is 1. The zero-order valence-electron chi connectivity index (χ0n) is 11.6. The SMILES string of the molecule is O=C(O)C1CCCC(Nc2ccc(Cl)c3cccnc23)C1. The van der Waals surface area contributed by atoms with Crippen LogP contribution >= 0.6 is 11.6 Å². The standard InChI is InChI=1S/C16H17ClN2O2/c17-13-6-7-14(15-12(13)5-2-8-18-15)19-11-4-1-3-10(9-11)16(20)21/h2,5-8,10-11,19H,1,3-4,9H2,(H,20,21). The summed E-state index contributed by atoms with van der Waals surface area (Å²) in [5, 5.41) is 14.2. The number of carboxylic acid groups (broad SMARTS) is 1. The molecule has 1 fully saturated rings. The van der Waals surface area contributed by atoms with Gasteiger partial charge in [0.2, 0.25) is 0 Å². The average molecular weight is 305 g/mol. The van der Waals surface area contributed by atoms with Crippen molar-refractivity contribution in [3.05, 3.63) is 35.5 Å². The molecule has 0 radical (unpaired) electrons. The van der Waals surface area contributed by atoms with Gasteiger partial charge in [-0.3, -0.25) is 9.78 Å². The van der Waals surface area contributed by atoms with Crippen LogP contribution in [0.4, 0.5) is 5.69 Å². The Morgan fingerprint density at radius 1 is 1.33 bits per heavy atom. The summed E-state index contributed by atoms with van der Waals surface area (Å²) in [5.74, 6) is -0.941. The second-order valence-corrected chi connectivity index (χ2v) is 5.94. The van der Waals surface area contributed by atoms with Crippen molar-refractivity contribution in [2.45, 2.75) is 31.7 Å². The van der Waals surface area contributed by atoms with E-state index in [0.717, 1.165) is 35.9 Å². The first-order valence-corrected chi connectivity index (χ1v) is 7.55. The fraction of sp³-hybridized carbons (Fsp3) is 0.375. The van der Waals surface area contributed by atoms with Crippen molar-refractivity contribution in [1.29, 1.82) is 0 Å². The lowest BCUT2D eigenvalue weighted by molar-refractivity contribution is -0.142. The smallest absolute Gasteiger partial charge is 0.306 e. The number of rotatable bonds is 3. The van der Waals surface area contributed by atoms with Crippen LogP contribution in [0.1, 0.15) is 25.7 Å². The third-order valence-corrected chi connectivity index (χ3v) is 4.43. The van der Waals surface area contributed by atoms with Gasteiger partial charge in [-0.05, 0) is 43.5 Å². The van der Waals surface area contributed by atoms with Crippen molar-refractivity contribution in [1.82, 2.24) is 4.98 Å². The van der Waals surface area contributed by atoms with Gasteiger partial charge in [0.1, 0.15) is 0 Å². The predicted octanol–water partition coefficient (Wildman–Crippen LogP) is 3.94. The lowest BCUT2D eigenvalue weighted by atomic mass is 9.85. The average Bonchev–Trinajstić information content (AvgIpc) is 2.51. The number of pyridine rings is 1. The van der Waals surface area contributed by atoms with E-state index >= 15 is 0 Å². The molecular weight excluding hydrogens is 288 g/mol. The number of carboxylic acids is 1. The summed E-state index contributed by atoms with van der Waals surface area (Å²) in [4.78, 5) is 15.6. The number of benzene rings is 1. The van der Waals surface area contributed by atoms with Gasteiger partial charge in [-0.2, -0.15) is 0 Å². The lowest BCUT2D eigenvalue weighted by Crippen LogP contribution is -2.31. The van der Waals surface area contributed by atoms with Gasteiger partial charge in [-0.1, -0.05) is 18.0 Å². The van der Waals surface area contributed by atoms with Gasteiger partial charge < -0.3 is 10.4 Å². The predicted molar refractivity (Wildman–Crippen MR) is 83.8 cm³/mol. The number of nitrogens with zero attached hydrogens (tertiary/aromatic N) is 1. The fourth-order valence-electron chi connectivity index (χ4n) is 3.02. The molecule has 2 atom stereocenters. The molecule has 0 saturated heterocycles. The van der Waals surface area contributed by atoms with E-state index < -0.39 is 5.97 Å². The largest absolute Gasteiger partial charge is 0.481 e. The first-order valence-electron chi connectivity index (χ1n) is 7.17. The Hall–Kier alpha value is -1.81. The number of hydrogen-bond acceptors (Lipinski definition) is 3. The Morgan fingerprint density at radius 2 is 2.19 bits per heavy atom. The summed E-state index contributed by atoms with van der Waals surface area (Å²) >= 11 is 6.19. The highest BCUT2D eigenvalue weighted by atomic mass is 35.5. The highest BCUT2D eigenvalue weighted by molar-refractivity contribution is 6.35. The molecule has 0 spiro atoms. The van der Waals surface area contributed by atoms with E-state index in [0.29, 0.717) is 11.4 Å². The van der Waals surface area contributed by atoms with Gasteiger partial charge >= 0.3 is 5.97 Å². The highest BCUT2D eigenvalue weighted by Crippen LogP contribution is 2.31. The van der Waals surface area contributed by atoms with E-state index in [-0.39, 0.29) is 12.0 Å². The first kappa shape index (κ1) is 14.1. The molecule has 1 aromatic carbocycles. The Morgan fingerprint density at radius 3 is 3.00 bits per heavy atom. The van der Waals surface area contributed by atoms with Gasteiger partial charge in [0, 0.05) is 17.6 Å². The number of aliphatic carboxylic acids is 1. The molecule has 0 amide bonds. The van der Waals surface area contributed by atoms with Crippen LogP contribution in [0.3, 0.4) is 0 Å². The Bertz CT molecular complexity index is 674. The minimum Gasteiger partial charge on any atom is -0.481 e. The topological polar surface area (TPSA) is 62.2 Å². The highest BCUT2D eigenvalue weighted by Gasteiger charge is 2.27. The normalized spacial score (nSPS) is 22.1. The molecule has 3 rings (SSSR count). The van der Waals surface area contributed by atoms with Gasteiger partial charge in [0.15, 0.2) is 0 Å². The van der Waals surface area contributed by atoms with Gasteiger partial charge in [0.05, 0.1) is 22.1 Å². The van der Waals surface area contributed by atoms with Crippen LogP contribution in [0.25, 0.3) is 10.9 Å². The summed E-state index contributed by atoms with van der Waals surface area (Å²) in [6, 6.07) is 7.75. The number of carbonyl (C=O) groups is 1. The van der Waals surface area contributed by atoms with Crippen molar-refractivity contribution < 1.29 is 9.90 Å². The van der Waals surface area contributed by atoms with Crippen molar-refractivity contribution in [3.63, 3.8) is 0 Å². The summed E-state index contributed by atoms with van der Waals surface area (Å²) in [5.41, 5.74) is 1.76. The lowest BCUT2D eigenvalue weighted by Gasteiger charge is -2.28. The molecule has 5 heteroatoms. The van der Waals surface area contributed by atoms with Crippen molar-refractivity contribution in [2.24, 2.45) is 5.92 Å². The van der Waals surface area contributed by atoms with Crippen LogP contribution < -0.4 is 5.32 Å². The molecule has 0 aliphatic heterocycles. The maximum Gasteiger partial charge on any atom is 0.306 e. The molecule has 0 bridgehead atoms. The molecule has 1 heterocycles. The number of anilines is 1. The molecular formula is C16H17ClN2O2. The minimum atomic E-state index is -0.694. The molecule has 2 N–H and O–H groups in total.